The summed E-state index contributed by atoms with van der Waals surface area (Å²) in [7, 11) is 1.59. The van der Waals surface area contributed by atoms with Crippen LogP contribution in [-0.4, -0.2) is 59.0 Å². The molecule has 0 aliphatic carbocycles. The molecule has 0 spiro atoms. The number of aliphatic hydroxyl groups excluding tert-OH is 1. The maximum atomic E-state index is 13.0. The highest BCUT2D eigenvalue weighted by molar-refractivity contribution is 9.10. The van der Waals surface area contributed by atoms with Gasteiger partial charge in [0.2, 0.25) is 0 Å². The molecule has 0 bridgehead atoms. The van der Waals surface area contributed by atoms with Crippen LogP contribution in [0.25, 0.3) is 22.4 Å². The molecule has 0 unspecified atom stereocenters. The second kappa shape index (κ2) is 12.0. The number of aromatic amines is 2. The van der Waals surface area contributed by atoms with Gasteiger partial charge in [-0.25, -0.2) is 4.98 Å². The number of fused-ring (bicyclic) bond motifs is 1. The number of morpholine rings is 1. The van der Waals surface area contributed by atoms with Gasteiger partial charge in [0.15, 0.2) is 0 Å². The normalized spacial score (nSPS) is 18.1. The van der Waals surface area contributed by atoms with Crippen LogP contribution in [0.4, 0.5) is 11.4 Å². The van der Waals surface area contributed by atoms with Crippen LogP contribution in [0.2, 0.25) is 0 Å². The molecule has 5 rings (SSSR count). The van der Waals surface area contributed by atoms with Gasteiger partial charge in [-0.1, -0.05) is 6.07 Å². The Kier molecular flexibility index (Phi) is 8.90. The van der Waals surface area contributed by atoms with Crippen LogP contribution >= 0.6 is 28.3 Å². The zero-order chi connectivity index (χ0) is 27.0. The Morgan fingerprint density at radius 2 is 1.97 bits per heavy atom. The van der Waals surface area contributed by atoms with E-state index >= 15 is 0 Å². The fourth-order valence-corrected chi connectivity index (χ4v) is 5.59. The van der Waals surface area contributed by atoms with Gasteiger partial charge in [-0.3, -0.25) is 4.79 Å². The van der Waals surface area contributed by atoms with E-state index in [4.69, 9.17) is 14.5 Å². The third-order valence-corrected chi connectivity index (χ3v) is 7.41. The van der Waals surface area contributed by atoms with Gasteiger partial charge >= 0.3 is 0 Å². The molecular weight excluding hydrogens is 586 g/mol. The van der Waals surface area contributed by atoms with Crippen molar-refractivity contribution < 1.29 is 14.6 Å². The van der Waals surface area contributed by atoms with Crippen LogP contribution in [0.3, 0.4) is 0 Å². The molecule has 0 amide bonds. The second-order valence-corrected chi connectivity index (χ2v) is 10.6. The van der Waals surface area contributed by atoms with E-state index in [0.717, 1.165) is 45.4 Å². The molecule has 0 saturated carbocycles. The molecule has 4 N–H and O–H groups in total. The smallest absolute Gasteiger partial charge is 0.261 e. The van der Waals surface area contributed by atoms with Crippen LogP contribution in [0.15, 0.2) is 51.9 Å². The number of hydrogen-bond acceptors (Lipinski definition) is 7. The van der Waals surface area contributed by atoms with Crippen LogP contribution in [0.5, 0.6) is 5.75 Å². The third-order valence-electron chi connectivity index (χ3n) is 6.79. The molecule has 1 fully saturated rings. The standard InChI is InChI=1S/C28H32BrN5O4.ClH/c1-15-9-19(34-13-16(2)38-17(3)14-34)11-22-26(15)33-27(32-22)25-21(7-8-30-28(25)36)31-12-23(35)18-5-6-24(37-4)20(29)10-18;/h5-11,16-17,23,35H,12-14H2,1-4H3,(H,32,33)(H2,30,31,36);1H/t16-,17+,23-;/m1./s1. The Labute approximate surface area is 241 Å². The molecule has 2 aromatic carbocycles. The number of rotatable bonds is 7. The Hall–Kier alpha value is -3.05. The topological polar surface area (TPSA) is 116 Å². The minimum atomic E-state index is -0.803. The largest absolute Gasteiger partial charge is 0.496 e. The summed E-state index contributed by atoms with van der Waals surface area (Å²) in [5.74, 6) is 1.15. The van der Waals surface area contributed by atoms with Crippen molar-refractivity contribution >= 4 is 50.7 Å². The number of anilines is 2. The van der Waals surface area contributed by atoms with Crippen molar-refractivity contribution in [3.8, 4) is 17.1 Å². The quantitative estimate of drug-likeness (QED) is 0.226. The van der Waals surface area contributed by atoms with Crippen molar-refractivity contribution in [3.05, 3.63) is 68.5 Å². The average Bonchev–Trinajstić information content (AvgIpc) is 3.31. The van der Waals surface area contributed by atoms with E-state index in [1.807, 2.05) is 19.1 Å². The Morgan fingerprint density at radius 3 is 2.67 bits per heavy atom. The highest BCUT2D eigenvalue weighted by Crippen LogP contribution is 2.31. The van der Waals surface area contributed by atoms with E-state index in [9.17, 15) is 9.90 Å². The number of halogens is 2. The summed E-state index contributed by atoms with van der Waals surface area (Å²) in [5.41, 5.74) is 5.21. The Morgan fingerprint density at radius 1 is 1.23 bits per heavy atom. The summed E-state index contributed by atoms with van der Waals surface area (Å²) in [4.78, 5) is 26.2. The summed E-state index contributed by atoms with van der Waals surface area (Å²) in [6.45, 7) is 8.03. The predicted molar refractivity (Wildman–Crippen MR) is 161 cm³/mol. The van der Waals surface area contributed by atoms with Crippen LogP contribution in [-0.2, 0) is 4.74 Å². The number of H-pyrrole nitrogens is 2. The summed E-state index contributed by atoms with van der Waals surface area (Å²) in [6.07, 6.45) is 1.08. The van der Waals surface area contributed by atoms with Gasteiger partial charge in [0, 0.05) is 31.5 Å². The van der Waals surface area contributed by atoms with Gasteiger partial charge in [-0.2, -0.15) is 0 Å². The molecule has 9 nitrogen and oxygen atoms in total. The van der Waals surface area contributed by atoms with E-state index in [-0.39, 0.29) is 36.7 Å². The first kappa shape index (κ1) is 28.9. The number of nitrogens with one attached hydrogen (secondary N) is 3. The van der Waals surface area contributed by atoms with E-state index in [2.05, 4.69) is 62.1 Å². The molecule has 3 atom stereocenters. The van der Waals surface area contributed by atoms with Gasteiger partial charge in [-0.05, 0) is 78.2 Å². The van der Waals surface area contributed by atoms with Gasteiger partial charge in [0.25, 0.3) is 5.56 Å². The number of hydrogen-bond donors (Lipinski definition) is 4. The van der Waals surface area contributed by atoms with E-state index in [1.54, 1.807) is 25.4 Å². The molecule has 0 radical (unpaired) electrons. The monoisotopic (exact) mass is 617 g/mol. The average molecular weight is 619 g/mol. The fraction of sp³-hybridized carbons (Fsp3) is 0.357. The number of nitrogens with zero attached hydrogens (tertiary/aromatic N) is 2. The lowest BCUT2D eigenvalue weighted by Gasteiger charge is -2.37. The zero-order valence-electron chi connectivity index (χ0n) is 22.2. The van der Waals surface area contributed by atoms with Crippen molar-refractivity contribution in [1.29, 1.82) is 0 Å². The number of aliphatic hydroxyl groups is 1. The first-order valence-electron chi connectivity index (χ1n) is 12.6. The van der Waals surface area contributed by atoms with Crippen molar-refractivity contribution in [2.45, 2.75) is 39.1 Å². The maximum Gasteiger partial charge on any atom is 0.261 e. The van der Waals surface area contributed by atoms with Crippen LogP contribution in [0.1, 0.15) is 31.1 Å². The molecule has 11 heteroatoms. The van der Waals surface area contributed by atoms with Crippen molar-refractivity contribution in [2.75, 3.05) is 37.0 Å². The molecule has 4 aromatic rings. The zero-order valence-corrected chi connectivity index (χ0v) is 24.6. The molecule has 1 aliphatic heterocycles. The van der Waals surface area contributed by atoms with Gasteiger partial charge in [-0.15, -0.1) is 12.4 Å². The molecule has 3 heterocycles. The molecular formula is C28H33BrClN5O4. The van der Waals surface area contributed by atoms with Crippen LogP contribution in [0, 0.1) is 6.92 Å². The first-order valence-corrected chi connectivity index (χ1v) is 13.4. The van der Waals surface area contributed by atoms with Crippen LogP contribution < -0.4 is 20.5 Å². The lowest BCUT2D eigenvalue weighted by Crippen LogP contribution is -2.45. The molecule has 39 heavy (non-hydrogen) atoms. The number of ether oxygens (including phenoxy) is 2. The van der Waals surface area contributed by atoms with Gasteiger partial charge in [0.1, 0.15) is 17.1 Å². The number of aryl methyl sites for hydroxylation is 1. The summed E-state index contributed by atoms with van der Waals surface area (Å²) >= 11 is 3.46. The predicted octanol–water partition coefficient (Wildman–Crippen LogP) is 5.18. The highest BCUT2D eigenvalue weighted by Gasteiger charge is 2.24. The highest BCUT2D eigenvalue weighted by atomic mass is 79.9. The van der Waals surface area contributed by atoms with E-state index in [0.29, 0.717) is 22.8 Å². The maximum absolute atomic E-state index is 13.0. The first-order chi connectivity index (χ1) is 18.2. The van der Waals surface area contributed by atoms with Gasteiger partial charge < -0.3 is 34.8 Å². The summed E-state index contributed by atoms with van der Waals surface area (Å²) in [5, 5.41) is 14.0. The Bertz CT molecular complexity index is 1510. The van der Waals surface area contributed by atoms with Gasteiger partial charge in [0.05, 0.1) is 46.6 Å². The number of methoxy groups -OCH3 is 1. The number of aromatic nitrogens is 3. The Balaban J connectivity index is 0.00000353. The fourth-order valence-electron chi connectivity index (χ4n) is 5.04. The van der Waals surface area contributed by atoms with Crippen molar-refractivity contribution in [3.63, 3.8) is 0 Å². The molecule has 1 aliphatic rings. The lowest BCUT2D eigenvalue weighted by atomic mass is 10.1. The van der Waals surface area contributed by atoms with E-state index in [1.165, 1.54) is 0 Å². The van der Waals surface area contributed by atoms with Crippen molar-refractivity contribution in [1.82, 2.24) is 15.0 Å². The minimum Gasteiger partial charge on any atom is -0.496 e. The molecule has 208 valence electrons. The number of imidazole rings is 1. The summed E-state index contributed by atoms with van der Waals surface area (Å²) in [6, 6.07) is 11.4. The van der Waals surface area contributed by atoms with E-state index < -0.39 is 6.10 Å². The summed E-state index contributed by atoms with van der Waals surface area (Å²) < 4.78 is 11.9. The van der Waals surface area contributed by atoms with Crippen molar-refractivity contribution in [2.24, 2.45) is 0 Å². The minimum absolute atomic E-state index is 0. The third kappa shape index (κ3) is 6.09. The second-order valence-electron chi connectivity index (χ2n) is 9.79. The number of benzene rings is 2. The molecule has 2 aromatic heterocycles. The SMILES string of the molecule is COc1ccc([C@H](O)CNc2cc[nH]c(=O)c2-c2nc3c(C)cc(N4C[C@@H](C)O[C@@H](C)C4)cc3[nH]2)cc1Br.Cl. The lowest BCUT2D eigenvalue weighted by molar-refractivity contribution is -0.00521. The molecule has 1 saturated heterocycles. The number of pyridine rings is 1.